The van der Waals surface area contributed by atoms with Gasteiger partial charge in [0.15, 0.2) is 0 Å². The van der Waals surface area contributed by atoms with Crippen LogP contribution in [0.4, 0.5) is 0 Å². The molecule has 1 rings (SSSR count). The summed E-state index contributed by atoms with van der Waals surface area (Å²) in [4.78, 5) is 11.6. The minimum absolute atomic E-state index is 0.0776. The van der Waals surface area contributed by atoms with Crippen LogP contribution in [0, 0.1) is 0 Å². The number of ether oxygens (including phenoxy) is 1. The minimum Gasteiger partial charge on any atom is -0.465 e. The molecule has 0 aromatic carbocycles. The zero-order chi connectivity index (χ0) is 13.8. The van der Waals surface area contributed by atoms with Gasteiger partial charge in [0.2, 0.25) is 0 Å². The first-order valence-electron chi connectivity index (χ1n) is 5.76. The molecular formula is C9H20N4O4S. The third-order valence-electron chi connectivity index (χ3n) is 2.72. The van der Waals surface area contributed by atoms with E-state index in [9.17, 15) is 13.2 Å². The molecule has 5 N–H and O–H groups in total. The van der Waals surface area contributed by atoms with Crippen molar-refractivity contribution in [3.05, 3.63) is 0 Å². The molecule has 0 radical (unpaired) electrons. The van der Waals surface area contributed by atoms with Gasteiger partial charge >= 0.3 is 5.97 Å². The average molecular weight is 280 g/mol. The van der Waals surface area contributed by atoms with Crippen molar-refractivity contribution in [1.29, 1.82) is 0 Å². The first kappa shape index (κ1) is 15.3. The van der Waals surface area contributed by atoms with Gasteiger partial charge in [-0.25, -0.2) is 4.72 Å². The number of carbonyl (C=O) groups excluding carboxylic acids is 1. The lowest BCUT2D eigenvalue weighted by Gasteiger charge is -2.22. The van der Waals surface area contributed by atoms with Crippen LogP contribution < -0.4 is 16.2 Å². The lowest BCUT2D eigenvalue weighted by atomic mass is 10.0. The predicted octanol–water partition coefficient (Wildman–Crippen LogP) is -2.25. The van der Waals surface area contributed by atoms with Gasteiger partial charge in [-0.05, 0) is 13.3 Å². The van der Waals surface area contributed by atoms with Crippen LogP contribution in [-0.4, -0.2) is 57.0 Å². The first-order valence-corrected chi connectivity index (χ1v) is 7.20. The van der Waals surface area contributed by atoms with Gasteiger partial charge in [-0.15, -0.1) is 0 Å². The lowest BCUT2D eigenvalue weighted by molar-refractivity contribution is -0.148. The van der Waals surface area contributed by atoms with Crippen LogP contribution in [0.15, 0.2) is 0 Å². The van der Waals surface area contributed by atoms with Gasteiger partial charge in [0.05, 0.1) is 6.61 Å². The maximum absolute atomic E-state index is 11.8. The zero-order valence-corrected chi connectivity index (χ0v) is 11.2. The van der Waals surface area contributed by atoms with Gasteiger partial charge in [0, 0.05) is 26.2 Å². The van der Waals surface area contributed by atoms with Crippen LogP contribution in [0.5, 0.6) is 0 Å². The second kappa shape index (κ2) is 5.93. The molecule has 0 bridgehead atoms. The van der Waals surface area contributed by atoms with Crippen molar-refractivity contribution in [1.82, 2.24) is 9.03 Å². The normalized spacial score (nSPS) is 25.3. The van der Waals surface area contributed by atoms with Crippen molar-refractivity contribution in [3.63, 3.8) is 0 Å². The standard InChI is InChI=1S/C9H20N4O4S/c1-2-17-8(14)9(11)3-6-13(7-9)18(15,16)12-5-4-10/h12H,2-7,10-11H2,1H3. The zero-order valence-electron chi connectivity index (χ0n) is 10.4. The number of carbonyl (C=O) groups is 1. The van der Waals surface area contributed by atoms with Crippen LogP contribution >= 0.6 is 0 Å². The van der Waals surface area contributed by atoms with Crippen molar-refractivity contribution in [2.75, 3.05) is 32.8 Å². The Bertz CT molecular complexity index is 399. The summed E-state index contributed by atoms with van der Waals surface area (Å²) in [7, 11) is -3.63. The summed E-state index contributed by atoms with van der Waals surface area (Å²) in [5.74, 6) is -0.568. The molecule has 1 atom stereocenters. The summed E-state index contributed by atoms with van der Waals surface area (Å²) >= 11 is 0. The summed E-state index contributed by atoms with van der Waals surface area (Å²) in [6, 6.07) is 0. The Morgan fingerprint density at radius 1 is 1.56 bits per heavy atom. The largest absolute Gasteiger partial charge is 0.465 e. The number of hydrogen-bond acceptors (Lipinski definition) is 6. The SMILES string of the molecule is CCOC(=O)C1(N)CCN(S(=O)(=O)NCCN)C1. The summed E-state index contributed by atoms with van der Waals surface area (Å²) in [5.41, 5.74) is 9.85. The summed E-state index contributed by atoms with van der Waals surface area (Å²) in [5, 5.41) is 0. The van der Waals surface area contributed by atoms with Crippen molar-refractivity contribution in [2.24, 2.45) is 11.5 Å². The molecule has 1 fully saturated rings. The highest BCUT2D eigenvalue weighted by Gasteiger charge is 2.46. The van der Waals surface area contributed by atoms with E-state index in [1.165, 1.54) is 0 Å². The van der Waals surface area contributed by atoms with Gasteiger partial charge in [-0.2, -0.15) is 12.7 Å². The van der Waals surface area contributed by atoms with Gasteiger partial charge < -0.3 is 16.2 Å². The number of nitrogens with zero attached hydrogens (tertiary/aromatic N) is 1. The van der Waals surface area contributed by atoms with Crippen LogP contribution in [-0.2, 0) is 19.7 Å². The number of esters is 1. The molecule has 1 heterocycles. The lowest BCUT2D eigenvalue weighted by Crippen LogP contribution is -2.52. The third-order valence-corrected chi connectivity index (χ3v) is 4.28. The Labute approximate surface area is 107 Å². The van der Waals surface area contributed by atoms with E-state index in [0.717, 1.165) is 4.31 Å². The molecule has 106 valence electrons. The van der Waals surface area contributed by atoms with Crippen molar-refractivity contribution in [2.45, 2.75) is 18.9 Å². The molecule has 0 amide bonds. The van der Waals surface area contributed by atoms with Gasteiger partial charge in [-0.1, -0.05) is 0 Å². The second-order valence-corrected chi connectivity index (χ2v) is 5.90. The Balaban J connectivity index is 2.68. The molecule has 0 saturated carbocycles. The van der Waals surface area contributed by atoms with E-state index in [2.05, 4.69) is 4.72 Å². The van der Waals surface area contributed by atoms with Gasteiger partial charge in [0.25, 0.3) is 10.2 Å². The first-order chi connectivity index (χ1) is 8.35. The van der Waals surface area contributed by atoms with E-state index in [4.69, 9.17) is 16.2 Å². The minimum atomic E-state index is -3.63. The monoisotopic (exact) mass is 280 g/mol. The van der Waals surface area contributed by atoms with Gasteiger partial charge in [0.1, 0.15) is 5.54 Å². The topological polar surface area (TPSA) is 128 Å². The highest BCUT2D eigenvalue weighted by Crippen LogP contribution is 2.22. The number of nitrogens with one attached hydrogen (secondary N) is 1. The molecular weight excluding hydrogens is 260 g/mol. The quantitative estimate of drug-likeness (QED) is 0.471. The number of hydrogen-bond donors (Lipinski definition) is 3. The number of rotatable bonds is 6. The highest BCUT2D eigenvalue weighted by molar-refractivity contribution is 7.87. The summed E-state index contributed by atoms with van der Waals surface area (Å²) < 4.78 is 31.9. The Kier molecular flexibility index (Phi) is 5.05. The predicted molar refractivity (Wildman–Crippen MR) is 65.7 cm³/mol. The van der Waals surface area contributed by atoms with Crippen molar-refractivity contribution in [3.8, 4) is 0 Å². The molecule has 0 aromatic heterocycles. The number of nitrogens with two attached hydrogens (primary N) is 2. The summed E-state index contributed by atoms with van der Waals surface area (Å²) in [6.45, 7) is 2.36. The molecule has 8 nitrogen and oxygen atoms in total. The molecule has 18 heavy (non-hydrogen) atoms. The second-order valence-electron chi connectivity index (χ2n) is 4.15. The molecule has 1 aliphatic rings. The molecule has 1 saturated heterocycles. The van der Waals surface area contributed by atoms with E-state index in [1.54, 1.807) is 6.92 Å². The molecule has 9 heteroatoms. The van der Waals surface area contributed by atoms with E-state index < -0.39 is 21.7 Å². The highest BCUT2D eigenvalue weighted by atomic mass is 32.2. The van der Waals surface area contributed by atoms with Crippen molar-refractivity contribution >= 4 is 16.2 Å². The van der Waals surface area contributed by atoms with E-state index in [-0.39, 0.29) is 39.2 Å². The molecule has 1 aliphatic heterocycles. The molecule has 0 spiro atoms. The average Bonchev–Trinajstić information content (AvgIpc) is 2.72. The van der Waals surface area contributed by atoms with Crippen LogP contribution in [0.1, 0.15) is 13.3 Å². The van der Waals surface area contributed by atoms with Crippen molar-refractivity contribution < 1.29 is 17.9 Å². The Morgan fingerprint density at radius 3 is 2.78 bits per heavy atom. The van der Waals surface area contributed by atoms with Crippen LogP contribution in [0.2, 0.25) is 0 Å². The van der Waals surface area contributed by atoms with Gasteiger partial charge in [-0.3, -0.25) is 4.79 Å². The Morgan fingerprint density at radius 2 is 2.22 bits per heavy atom. The molecule has 0 aromatic rings. The van der Waals surface area contributed by atoms with E-state index >= 15 is 0 Å². The fourth-order valence-corrected chi connectivity index (χ4v) is 3.01. The Hall–Kier alpha value is -0.740. The van der Waals surface area contributed by atoms with Crippen LogP contribution in [0.25, 0.3) is 0 Å². The summed E-state index contributed by atoms with van der Waals surface area (Å²) in [6.07, 6.45) is 0.245. The smallest absolute Gasteiger partial charge is 0.327 e. The third kappa shape index (κ3) is 3.39. The molecule has 1 unspecified atom stereocenters. The van der Waals surface area contributed by atoms with E-state index in [1.807, 2.05) is 0 Å². The maximum Gasteiger partial charge on any atom is 0.327 e. The fourth-order valence-electron chi connectivity index (χ4n) is 1.72. The van der Waals surface area contributed by atoms with E-state index in [0.29, 0.717) is 0 Å². The van der Waals surface area contributed by atoms with Crippen LogP contribution in [0.3, 0.4) is 0 Å². The molecule has 0 aliphatic carbocycles. The maximum atomic E-state index is 11.8. The fraction of sp³-hybridized carbons (Fsp3) is 0.889.